The lowest BCUT2D eigenvalue weighted by atomic mass is 9.73. The molecule has 2 atom stereocenters. The molecule has 2 unspecified atom stereocenters. The smallest absolute Gasteiger partial charge is 0.0685 e. The molecule has 1 saturated heterocycles. The number of nitrogens with two attached hydrogens (primary N) is 1. The molecule has 21 heavy (non-hydrogen) atoms. The van der Waals surface area contributed by atoms with Crippen LogP contribution in [0.25, 0.3) is 0 Å². The molecule has 2 N–H and O–H groups in total. The predicted molar refractivity (Wildman–Crippen MR) is 98.3 cm³/mol. The molecule has 3 rings (SSSR count). The van der Waals surface area contributed by atoms with E-state index in [1.165, 1.54) is 41.2 Å². The standard InChI is InChI=1S/C17H23BrINO/c18-13-4-5-15(19)14(10-13)16(20)12-6-9-21-17(11-12)7-2-1-3-8-17/h4-5,10,12,16H,1-3,6-9,11,20H2. The highest BCUT2D eigenvalue weighted by atomic mass is 127. The van der Waals surface area contributed by atoms with Gasteiger partial charge < -0.3 is 10.5 Å². The van der Waals surface area contributed by atoms with Crippen LogP contribution < -0.4 is 5.73 Å². The first-order valence-electron chi connectivity index (χ1n) is 7.94. The van der Waals surface area contributed by atoms with Crippen LogP contribution in [0.15, 0.2) is 22.7 Å². The van der Waals surface area contributed by atoms with Gasteiger partial charge in [0.1, 0.15) is 0 Å². The highest BCUT2D eigenvalue weighted by molar-refractivity contribution is 14.1. The maximum Gasteiger partial charge on any atom is 0.0685 e. The van der Waals surface area contributed by atoms with E-state index in [9.17, 15) is 0 Å². The lowest BCUT2D eigenvalue weighted by Crippen LogP contribution is -2.44. The number of hydrogen-bond donors (Lipinski definition) is 1. The Balaban J connectivity index is 1.77. The third-order valence-electron chi connectivity index (χ3n) is 5.12. The molecule has 2 nitrogen and oxygen atoms in total. The third kappa shape index (κ3) is 3.65. The molecule has 1 heterocycles. The van der Waals surface area contributed by atoms with E-state index in [0.717, 1.165) is 23.9 Å². The summed E-state index contributed by atoms with van der Waals surface area (Å²) in [6, 6.07) is 6.55. The minimum absolute atomic E-state index is 0.122. The Morgan fingerprint density at radius 1 is 1.29 bits per heavy atom. The predicted octanol–water partition coefficient (Wildman–Crippen LogP) is 5.18. The normalized spacial score (nSPS) is 26.7. The Labute approximate surface area is 149 Å². The van der Waals surface area contributed by atoms with Crippen molar-refractivity contribution in [2.24, 2.45) is 11.7 Å². The van der Waals surface area contributed by atoms with Gasteiger partial charge in [-0.05, 0) is 78.0 Å². The summed E-state index contributed by atoms with van der Waals surface area (Å²) in [4.78, 5) is 0. The van der Waals surface area contributed by atoms with Crippen molar-refractivity contribution in [1.82, 2.24) is 0 Å². The van der Waals surface area contributed by atoms with Crippen LogP contribution >= 0.6 is 38.5 Å². The molecule has 1 aliphatic heterocycles. The van der Waals surface area contributed by atoms with Crippen LogP contribution in [-0.4, -0.2) is 12.2 Å². The molecule has 2 fully saturated rings. The Morgan fingerprint density at radius 2 is 2.05 bits per heavy atom. The van der Waals surface area contributed by atoms with E-state index >= 15 is 0 Å². The van der Waals surface area contributed by atoms with Crippen molar-refractivity contribution < 1.29 is 4.74 Å². The number of ether oxygens (including phenoxy) is 1. The summed E-state index contributed by atoms with van der Waals surface area (Å²) in [5, 5.41) is 0. The summed E-state index contributed by atoms with van der Waals surface area (Å²) in [7, 11) is 0. The van der Waals surface area contributed by atoms with E-state index in [1.54, 1.807) is 0 Å². The second kappa shape index (κ2) is 6.85. The molecule has 0 bridgehead atoms. The summed E-state index contributed by atoms with van der Waals surface area (Å²) < 4.78 is 8.60. The average Bonchev–Trinajstić information content (AvgIpc) is 2.50. The molecule has 1 aromatic rings. The zero-order valence-electron chi connectivity index (χ0n) is 12.3. The Kier molecular flexibility index (Phi) is 5.29. The fraction of sp³-hybridized carbons (Fsp3) is 0.647. The van der Waals surface area contributed by atoms with Gasteiger partial charge in [0.15, 0.2) is 0 Å². The van der Waals surface area contributed by atoms with Gasteiger partial charge in [0, 0.05) is 20.7 Å². The van der Waals surface area contributed by atoms with Gasteiger partial charge in [-0.2, -0.15) is 0 Å². The van der Waals surface area contributed by atoms with Crippen LogP contribution in [0.1, 0.15) is 56.6 Å². The van der Waals surface area contributed by atoms with Crippen LogP contribution in [0.4, 0.5) is 0 Å². The van der Waals surface area contributed by atoms with Crippen molar-refractivity contribution >= 4 is 38.5 Å². The zero-order valence-corrected chi connectivity index (χ0v) is 16.0. The third-order valence-corrected chi connectivity index (χ3v) is 6.60. The minimum atomic E-state index is 0.122. The Hall–Kier alpha value is 0.350. The number of rotatable bonds is 2. The van der Waals surface area contributed by atoms with Crippen molar-refractivity contribution in [3.8, 4) is 0 Å². The number of hydrogen-bond acceptors (Lipinski definition) is 2. The van der Waals surface area contributed by atoms with Gasteiger partial charge in [-0.1, -0.05) is 35.2 Å². The van der Waals surface area contributed by atoms with Gasteiger partial charge in [0.2, 0.25) is 0 Å². The first-order valence-corrected chi connectivity index (χ1v) is 9.81. The second-order valence-corrected chi connectivity index (χ2v) is 8.61. The van der Waals surface area contributed by atoms with Crippen molar-refractivity contribution in [1.29, 1.82) is 0 Å². The summed E-state index contributed by atoms with van der Waals surface area (Å²) in [6.45, 7) is 0.878. The van der Waals surface area contributed by atoms with E-state index in [0.29, 0.717) is 5.92 Å². The van der Waals surface area contributed by atoms with Crippen molar-refractivity contribution in [3.63, 3.8) is 0 Å². The largest absolute Gasteiger partial charge is 0.375 e. The average molecular weight is 464 g/mol. The van der Waals surface area contributed by atoms with Crippen LogP contribution in [0.5, 0.6) is 0 Å². The molecule has 2 aliphatic rings. The topological polar surface area (TPSA) is 35.2 Å². The molecule has 1 spiro atoms. The molecule has 1 saturated carbocycles. The second-order valence-electron chi connectivity index (χ2n) is 6.54. The molecular weight excluding hydrogens is 441 g/mol. The first-order chi connectivity index (χ1) is 10.1. The Bertz CT molecular complexity index is 496. The van der Waals surface area contributed by atoms with E-state index < -0.39 is 0 Å². The number of halogens is 2. The van der Waals surface area contributed by atoms with Gasteiger partial charge in [-0.25, -0.2) is 0 Å². The molecular formula is C17H23BrINO. The van der Waals surface area contributed by atoms with Crippen LogP contribution in [0.2, 0.25) is 0 Å². The molecule has 4 heteroatoms. The zero-order chi connectivity index (χ0) is 14.9. The minimum Gasteiger partial charge on any atom is -0.375 e. The fourth-order valence-corrected chi connectivity index (χ4v) is 5.01. The van der Waals surface area contributed by atoms with Gasteiger partial charge >= 0.3 is 0 Å². The maximum absolute atomic E-state index is 6.65. The summed E-state index contributed by atoms with van der Waals surface area (Å²) in [6.07, 6.45) is 8.68. The van der Waals surface area contributed by atoms with Gasteiger partial charge in [0.25, 0.3) is 0 Å². The van der Waals surface area contributed by atoms with E-state index in [-0.39, 0.29) is 11.6 Å². The van der Waals surface area contributed by atoms with Crippen molar-refractivity contribution in [3.05, 3.63) is 31.8 Å². The monoisotopic (exact) mass is 463 g/mol. The summed E-state index contributed by atoms with van der Waals surface area (Å²) in [5.74, 6) is 0.541. The molecule has 1 aromatic carbocycles. The quantitative estimate of drug-likeness (QED) is 0.613. The van der Waals surface area contributed by atoms with Crippen LogP contribution in [0, 0.1) is 9.49 Å². The lowest BCUT2D eigenvalue weighted by molar-refractivity contribution is -0.120. The van der Waals surface area contributed by atoms with Crippen LogP contribution in [0.3, 0.4) is 0 Å². The van der Waals surface area contributed by atoms with Gasteiger partial charge in [-0.15, -0.1) is 0 Å². The van der Waals surface area contributed by atoms with Gasteiger partial charge in [0.05, 0.1) is 5.60 Å². The van der Waals surface area contributed by atoms with E-state index in [4.69, 9.17) is 10.5 Å². The molecule has 0 radical (unpaired) electrons. The highest BCUT2D eigenvalue weighted by Crippen LogP contribution is 2.44. The SMILES string of the molecule is NC(c1cc(Br)ccc1I)C1CCOC2(CCCCC2)C1. The van der Waals surface area contributed by atoms with Gasteiger partial charge in [-0.3, -0.25) is 0 Å². The van der Waals surface area contributed by atoms with E-state index in [1.807, 2.05) is 0 Å². The Morgan fingerprint density at radius 3 is 2.81 bits per heavy atom. The van der Waals surface area contributed by atoms with E-state index in [2.05, 4.69) is 56.7 Å². The van der Waals surface area contributed by atoms with Crippen molar-refractivity contribution in [2.75, 3.05) is 6.61 Å². The highest BCUT2D eigenvalue weighted by Gasteiger charge is 2.40. The molecule has 1 aliphatic carbocycles. The first kappa shape index (κ1) is 16.2. The molecule has 0 aromatic heterocycles. The summed E-state index contributed by atoms with van der Waals surface area (Å²) in [5.41, 5.74) is 8.06. The maximum atomic E-state index is 6.65. The molecule has 0 amide bonds. The molecule has 116 valence electrons. The fourth-order valence-electron chi connectivity index (χ4n) is 3.94. The number of benzene rings is 1. The van der Waals surface area contributed by atoms with Crippen LogP contribution in [-0.2, 0) is 4.74 Å². The lowest BCUT2D eigenvalue weighted by Gasteiger charge is -2.45. The summed E-state index contributed by atoms with van der Waals surface area (Å²) >= 11 is 5.98. The van der Waals surface area contributed by atoms with Crippen molar-refractivity contribution in [2.45, 2.75) is 56.6 Å².